The SMILES string of the molecule is CCCC(C)(C)NC(=O)C1CC(CC)CCN1. The van der Waals surface area contributed by atoms with Crippen molar-refractivity contribution in [3.8, 4) is 0 Å². The molecule has 1 saturated heterocycles. The molecule has 0 spiro atoms. The molecule has 3 nitrogen and oxygen atoms in total. The molecule has 0 aromatic carbocycles. The normalized spacial score (nSPS) is 25.6. The Morgan fingerprint density at radius 1 is 1.41 bits per heavy atom. The molecular formula is C14H28N2O. The third kappa shape index (κ3) is 4.66. The summed E-state index contributed by atoms with van der Waals surface area (Å²) >= 11 is 0. The van der Waals surface area contributed by atoms with Crippen molar-refractivity contribution in [2.75, 3.05) is 6.54 Å². The van der Waals surface area contributed by atoms with Crippen molar-refractivity contribution in [2.45, 2.75) is 71.4 Å². The van der Waals surface area contributed by atoms with E-state index in [9.17, 15) is 4.79 Å². The smallest absolute Gasteiger partial charge is 0.237 e. The third-order valence-corrected chi connectivity index (χ3v) is 3.74. The van der Waals surface area contributed by atoms with E-state index in [4.69, 9.17) is 0 Å². The van der Waals surface area contributed by atoms with Crippen LogP contribution in [-0.4, -0.2) is 24.0 Å². The minimum atomic E-state index is -0.0767. The Bertz CT molecular complexity index is 251. The number of nitrogens with one attached hydrogen (secondary N) is 2. The molecule has 1 amide bonds. The average molecular weight is 240 g/mol. The maximum Gasteiger partial charge on any atom is 0.237 e. The Morgan fingerprint density at radius 3 is 2.71 bits per heavy atom. The van der Waals surface area contributed by atoms with Crippen molar-refractivity contribution >= 4 is 5.91 Å². The maximum absolute atomic E-state index is 12.2. The van der Waals surface area contributed by atoms with Crippen LogP contribution in [0.25, 0.3) is 0 Å². The minimum absolute atomic E-state index is 0.0184. The van der Waals surface area contributed by atoms with Gasteiger partial charge in [0.05, 0.1) is 6.04 Å². The monoisotopic (exact) mass is 240 g/mol. The van der Waals surface area contributed by atoms with Crippen LogP contribution in [0.1, 0.15) is 59.8 Å². The fourth-order valence-corrected chi connectivity index (χ4v) is 2.67. The van der Waals surface area contributed by atoms with Gasteiger partial charge in [0.25, 0.3) is 0 Å². The molecule has 1 rings (SSSR count). The summed E-state index contributed by atoms with van der Waals surface area (Å²) in [7, 11) is 0. The third-order valence-electron chi connectivity index (χ3n) is 3.74. The van der Waals surface area contributed by atoms with Crippen molar-refractivity contribution in [1.82, 2.24) is 10.6 Å². The maximum atomic E-state index is 12.2. The average Bonchev–Trinajstić information content (AvgIpc) is 2.28. The standard InChI is InChI=1S/C14H28N2O/c1-5-8-14(3,4)16-13(17)12-10-11(6-2)7-9-15-12/h11-12,15H,5-10H2,1-4H3,(H,16,17). The molecule has 2 atom stereocenters. The second-order valence-corrected chi connectivity index (χ2v) is 5.93. The van der Waals surface area contributed by atoms with Gasteiger partial charge < -0.3 is 10.6 Å². The van der Waals surface area contributed by atoms with Gasteiger partial charge in [-0.25, -0.2) is 0 Å². The summed E-state index contributed by atoms with van der Waals surface area (Å²) in [6, 6.07) is 0.0184. The van der Waals surface area contributed by atoms with Crippen LogP contribution in [0.15, 0.2) is 0 Å². The molecule has 0 aromatic heterocycles. The Hall–Kier alpha value is -0.570. The van der Waals surface area contributed by atoms with Gasteiger partial charge in [0.15, 0.2) is 0 Å². The second kappa shape index (κ2) is 6.39. The van der Waals surface area contributed by atoms with E-state index in [0.29, 0.717) is 5.92 Å². The van der Waals surface area contributed by atoms with Gasteiger partial charge in [-0.1, -0.05) is 26.7 Å². The molecule has 0 aromatic rings. The van der Waals surface area contributed by atoms with Gasteiger partial charge in [-0.05, 0) is 45.6 Å². The van der Waals surface area contributed by atoms with E-state index in [0.717, 1.165) is 25.8 Å². The molecule has 1 fully saturated rings. The van der Waals surface area contributed by atoms with Gasteiger partial charge in [0.1, 0.15) is 0 Å². The lowest BCUT2D eigenvalue weighted by atomic mass is 9.89. The van der Waals surface area contributed by atoms with E-state index in [-0.39, 0.29) is 17.5 Å². The number of hydrogen-bond acceptors (Lipinski definition) is 2. The number of carbonyl (C=O) groups is 1. The Kier molecular flexibility index (Phi) is 5.44. The topological polar surface area (TPSA) is 41.1 Å². The van der Waals surface area contributed by atoms with Gasteiger partial charge >= 0.3 is 0 Å². The minimum Gasteiger partial charge on any atom is -0.350 e. The molecule has 2 unspecified atom stereocenters. The summed E-state index contributed by atoms with van der Waals surface area (Å²) in [5.74, 6) is 0.892. The quantitative estimate of drug-likeness (QED) is 0.775. The predicted octanol–water partition coefficient (Wildman–Crippen LogP) is 2.46. The van der Waals surface area contributed by atoms with Crippen LogP contribution in [0, 0.1) is 5.92 Å². The molecular weight excluding hydrogens is 212 g/mol. The van der Waals surface area contributed by atoms with Crippen molar-refractivity contribution in [3.63, 3.8) is 0 Å². The van der Waals surface area contributed by atoms with Crippen LogP contribution in [0.2, 0.25) is 0 Å². The molecule has 0 bridgehead atoms. The highest BCUT2D eigenvalue weighted by atomic mass is 16.2. The first-order valence-corrected chi connectivity index (χ1v) is 7.04. The number of hydrogen-bond donors (Lipinski definition) is 2. The summed E-state index contributed by atoms with van der Waals surface area (Å²) in [5, 5.41) is 6.51. The summed E-state index contributed by atoms with van der Waals surface area (Å²) < 4.78 is 0. The van der Waals surface area contributed by atoms with Crippen LogP contribution in [-0.2, 0) is 4.79 Å². The van der Waals surface area contributed by atoms with Crippen LogP contribution in [0.3, 0.4) is 0 Å². The zero-order chi connectivity index (χ0) is 12.9. The lowest BCUT2D eigenvalue weighted by molar-refractivity contribution is -0.125. The number of piperidine rings is 1. The van der Waals surface area contributed by atoms with Gasteiger partial charge in [0, 0.05) is 5.54 Å². The van der Waals surface area contributed by atoms with Crippen molar-refractivity contribution in [1.29, 1.82) is 0 Å². The highest BCUT2D eigenvalue weighted by molar-refractivity contribution is 5.82. The van der Waals surface area contributed by atoms with E-state index >= 15 is 0 Å². The van der Waals surface area contributed by atoms with Crippen LogP contribution >= 0.6 is 0 Å². The van der Waals surface area contributed by atoms with Crippen molar-refractivity contribution < 1.29 is 4.79 Å². The van der Waals surface area contributed by atoms with E-state index in [2.05, 4.69) is 38.3 Å². The van der Waals surface area contributed by atoms with E-state index in [1.165, 1.54) is 12.8 Å². The highest BCUT2D eigenvalue weighted by Gasteiger charge is 2.29. The van der Waals surface area contributed by atoms with Gasteiger partial charge in [0.2, 0.25) is 5.91 Å². The van der Waals surface area contributed by atoms with Crippen LogP contribution in [0.4, 0.5) is 0 Å². The van der Waals surface area contributed by atoms with Crippen molar-refractivity contribution in [3.05, 3.63) is 0 Å². The predicted molar refractivity (Wildman–Crippen MR) is 71.9 cm³/mol. The van der Waals surface area contributed by atoms with Crippen molar-refractivity contribution in [2.24, 2.45) is 5.92 Å². The Labute approximate surface area is 106 Å². The molecule has 0 radical (unpaired) electrons. The van der Waals surface area contributed by atoms with E-state index < -0.39 is 0 Å². The molecule has 2 N–H and O–H groups in total. The van der Waals surface area contributed by atoms with E-state index in [1.54, 1.807) is 0 Å². The highest BCUT2D eigenvalue weighted by Crippen LogP contribution is 2.20. The van der Waals surface area contributed by atoms with Gasteiger partial charge in [-0.15, -0.1) is 0 Å². The first kappa shape index (κ1) is 14.5. The molecule has 100 valence electrons. The van der Waals surface area contributed by atoms with Gasteiger partial charge in [-0.2, -0.15) is 0 Å². The van der Waals surface area contributed by atoms with Crippen LogP contribution < -0.4 is 10.6 Å². The lowest BCUT2D eigenvalue weighted by Gasteiger charge is -2.33. The van der Waals surface area contributed by atoms with Gasteiger partial charge in [-0.3, -0.25) is 4.79 Å². The fraction of sp³-hybridized carbons (Fsp3) is 0.929. The second-order valence-electron chi connectivity index (χ2n) is 5.93. The van der Waals surface area contributed by atoms with E-state index in [1.807, 2.05) is 0 Å². The molecule has 17 heavy (non-hydrogen) atoms. The molecule has 0 saturated carbocycles. The fourth-order valence-electron chi connectivity index (χ4n) is 2.67. The molecule has 0 aliphatic carbocycles. The Morgan fingerprint density at radius 2 is 2.12 bits per heavy atom. The largest absolute Gasteiger partial charge is 0.350 e. The zero-order valence-electron chi connectivity index (χ0n) is 11.8. The number of amides is 1. The zero-order valence-corrected chi connectivity index (χ0v) is 11.8. The Balaban J connectivity index is 2.46. The summed E-state index contributed by atoms with van der Waals surface area (Å²) in [5.41, 5.74) is -0.0767. The number of carbonyl (C=O) groups excluding carboxylic acids is 1. The molecule has 1 aliphatic heterocycles. The first-order valence-electron chi connectivity index (χ1n) is 7.04. The molecule has 1 heterocycles. The summed E-state index contributed by atoms with van der Waals surface area (Å²) in [4.78, 5) is 12.2. The summed E-state index contributed by atoms with van der Waals surface area (Å²) in [6.07, 6.45) is 5.51. The summed E-state index contributed by atoms with van der Waals surface area (Å²) in [6.45, 7) is 9.56. The molecule has 3 heteroatoms. The lowest BCUT2D eigenvalue weighted by Crippen LogP contribution is -2.54. The van der Waals surface area contributed by atoms with Crippen LogP contribution in [0.5, 0.6) is 0 Å². The first-order chi connectivity index (χ1) is 7.98. The molecule has 1 aliphatic rings. The number of rotatable bonds is 5.